The Labute approximate surface area is 140 Å². The zero-order chi connectivity index (χ0) is 16.2. The van der Waals surface area contributed by atoms with Crippen molar-refractivity contribution in [1.29, 1.82) is 0 Å². The number of hydrogen-bond acceptors (Lipinski definition) is 3. The SMILES string of the molecule is C[C@@H](Cc1ccsc1)NC(=O)N1CCc2ccccc2[C@H]1CO. The van der Waals surface area contributed by atoms with Gasteiger partial charge >= 0.3 is 6.03 Å². The maximum Gasteiger partial charge on any atom is 0.318 e. The summed E-state index contributed by atoms with van der Waals surface area (Å²) in [4.78, 5) is 14.4. The second kappa shape index (κ2) is 7.15. The summed E-state index contributed by atoms with van der Waals surface area (Å²) in [5, 5.41) is 17.0. The molecule has 0 radical (unpaired) electrons. The monoisotopic (exact) mass is 330 g/mol. The Morgan fingerprint density at radius 3 is 3.00 bits per heavy atom. The molecule has 0 saturated carbocycles. The molecule has 2 amide bonds. The van der Waals surface area contributed by atoms with Crippen LogP contribution in [-0.2, 0) is 12.8 Å². The van der Waals surface area contributed by atoms with E-state index in [9.17, 15) is 9.90 Å². The van der Waals surface area contributed by atoms with Gasteiger partial charge in [0.2, 0.25) is 0 Å². The van der Waals surface area contributed by atoms with Crippen molar-refractivity contribution < 1.29 is 9.90 Å². The molecule has 0 spiro atoms. The van der Waals surface area contributed by atoms with Crippen LogP contribution in [0.4, 0.5) is 4.79 Å². The molecule has 4 nitrogen and oxygen atoms in total. The summed E-state index contributed by atoms with van der Waals surface area (Å²) < 4.78 is 0. The quantitative estimate of drug-likeness (QED) is 0.905. The van der Waals surface area contributed by atoms with Crippen molar-refractivity contribution in [2.24, 2.45) is 0 Å². The number of rotatable bonds is 4. The van der Waals surface area contributed by atoms with Gasteiger partial charge in [-0.2, -0.15) is 11.3 Å². The van der Waals surface area contributed by atoms with Crippen LogP contribution in [0.2, 0.25) is 0 Å². The third-order valence-electron chi connectivity index (χ3n) is 4.34. The maximum absolute atomic E-state index is 12.6. The molecule has 3 rings (SSSR count). The van der Waals surface area contributed by atoms with Gasteiger partial charge < -0.3 is 15.3 Å². The van der Waals surface area contributed by atoms with Crippen LogP contribution in [0.1, 0.15) is 29.7 Å². The molecule has 1 aromatic heterocycles. The predicted octanol–water partition coefficient (Wildman–Crippen LogP) is 2.98. The van der Waals surface area contributed by atoms with Gasteiger partial charge in [-0.05, 0) is 53.3 Å². The van der Waals surface area contributed by atoms with E-state index in [1.807, 2.05) is 30.5 Å². The average Bonchev–Trinajstić information content (AvgIpc) is 3.06. The summed E-state index contributed by atoms with van der Waals surface area (Å²) in [7, 11) is 0. The van der Waals surface area contributed by atoms with Crippen LogP contribution in [-0.4, -0.2) is 35.2 Å². The fraction of sp³-hybridized carbons (Fsp3) is 0.389. The molecule has 0 unspecified atom stereocenters. The lowest BCUT2D eigenvalue weighted by molar-refractivity contribution is 0.125. The summed E-state index contributed by atoms with van der Waals surface area (Å²) in [6.07, 6.45) is 1.66. The average molecular weight is 330 g/mol. The van der Waals surface area contributed by atoms with E-state index in [2.05, 4.69) is 22.8 Å². The molecule has 2 heterocycles. The van der Waals surface area contributed by atoms with Crippen molar-refractivity contribution in [3.8, 4) is 0 Å². The Morgan fingerprint density at radius 1 is 1.43 bits per heavy atom. The lowest BCUT2D eigenvalue weighted by Gasteiger charge is -2.37. The first-order valence-electron chi connectivity index (χ1n) is 7.96. The Balaban J connectivity index is 1.67. The summed E-state index contributed by atoms with van der Waals surface area (Å²) in [6.45, 7) is 2.60. The number of carbonyl (C=O) groups excluding carboxylic acids is 1. The number of fused-ring (bicyclic) bond motifs is 1. The molecule has 1 aliphatic heterocycles. The van der Waals surface area contributed by atoms with Crippen LogP contribution >= 0.6 is 11.3 Å². The highest BCUT2D eigenvalue weighted by atomic mass is 32.1. The van der Waals surface area contributed by atoms with Gasteiger partial charge in [0.25, 0.3) is 0 Å². The largest absolute Gasteiger partial charge is 0.394 e. The molecule has 0 aliphatic carbocycles. The molecule has 122 valence electrons. The fourth-order valence-corrected chi connectivity index (χ4v) is 3.88. The molecule has 0 bridgehead atoms. The van der Waals surface area contributed by atoms with Gasteiger partial charge in [0, 0.05) is 12.6 Å². The number of hydrogen-bond donors (Lipinski definition) is 2. The van der Waals surface area contributed by atoms with Crippen molar-refractivity contribution in [2.45, 2.75) is 31.8 Å². The number of urea groups is 1. The van der Waals surface area contributed by atoms with E-state index < -0.39 is 0 Å². The van der Waals surface area contributed by atoms with Crippen LogP contribution < -0.4 is 5.32 Å². The normalized spacial score (nSPS) is 18.3. The van der Waals surface area contributed by atoms with E-state index in [1.165, 1.54) is 11.1 Å². The lowest BCUT2D eigenvalue weighted by Crippen LogP contribution is -2.49. The minimum absolute atomic E-state index is 0.0522. The highest BCUT2D eigenvalue weighted by Crippen LogP contribution is 2.29. The smallest absolute Gasteiger partial charge is 0.318 e. The molecule has 5 heteroatoms. The van der Waals surface area contributed by atoms with Gasteiger partial charge in [0.15, 0.2) is 0 Å². The van der Waals surface area contributed by atoms with E-state index in [0.29, 0.717) is 6.54 Å². The van der Waals surface area contributed by atoms with Gasteiger partial charge in [0.1, 0.15) is 0 Å². The third-order valence-corrected chi connectivity index (χ3v) is 5.07. The topological polar surface area (TPSA) is 52.6 Å². The van der Waals surface area contributed by atoms with Crippen molar-refractivity contribution in [1.82, 2.24) is 10.2 Å². The second-order valence-corrected chi connectivity index (χ2v) is 6.81. The highest BCUT2D eigenvalue weighted by Gasteiger charge is 2.30. The van der Waals surface area contributed by atoms with Gasteiger partial charge in [-0.25, -0.2) is 4.79 Å². The minimum Gasteiger partial charge on any atom is -0.394 e. The molecule has 1 aromatic carbocycles. The standard InChI is InChI=1S/C18H22N2O2S/c1-13(10-14-7-9-23-12-14)19-18(22)20-8-6-15-4-2-3-5-16(15)17(20)11-21/h2-5,7,9,12-13,17,21H,6,8,10-11H2,1H3,(H,19,22)/t13-,17+/m0/s1. The molecule has 2 N–H and O–H groups in total. The van der Waals surface area contributed by atoms with E-state index in [-0.39, 0.29) is 24.7 Å². The number of aliphatic hydroxyl groups excluding tert-OH is 1. The minimum atomic E-state index is -0.256. The Bertz CT molecular complexity index is 657. The second-order valence-electron chi connectivity index (χ2n) is 6.03. The number of thiophene rings is 1. The first-order valence-corrected chi connectivity index (χ1v) is 8.90. The first-order chi connectivity index (χ1) is 11.2. The van der Waals surface area contributed by atoms with Crippen LogP contribution in [0.25, 0.3) is 0 Å². The van der Waals surface area contributed by atoms with E-state index in [0.717, 1.165) is 18.4 Å². The number of amides is 2. The van der Waals surface area contributed by atoms with Crippen LogP contribution in [0, 0.1) is 0 Å². The van der Waals surface area contributed by atoms with Gasteiger partial charge in [-0.15, -0.1) is 0 Å². The predicted molar refractivity (Wildman–Crippen MR) is 92.7 cm³/mol. The lowest BCUT2D eigenvalue weighted by atomic mass is 9.93. The zero-order valence-corrected chi connectivity index (χ0v) is 14.1. The Kier molecular flexibility index (Phi) is 4.98. The zero-order valence-electron chi connectivity index (χ0n) is 13.2. The molecule has 2 aromatic rings. The van der Waals surface area contributed by atoms with Gasteiger partial charge in [0.05, 0.1) is 12.6 Å². The number of nitrogens with one attached hydrogen (secondary N) is 1. The highest BCUT2D eigenvalue weighted by molar-refractivity contribution is 7.07. The summed E-state index contributed by atoms with van der Waals surface area (Å²) in [5.74, 6) is 0. The van der Waals surface area contributed by atoms with E-state index in [1.54, 1.807) is 16.2 Å². The fourth-order valence-electron chi connectivity index (χ4n) is 3.20. The Morgan fingerprint density at radius 2 is 2.26 bits per heavy atom. The molecule has 0 fully saturated rings. The third kappa shape index (κ3) is 3.57. The molecular formula is C18H22N2O2S. The number of aliphatic hydroxyl groups is 1. The molecule has 1 aliphatic rings. The Hall–Kier alpha value is -1.85. The maximum atomic E-state index is 12.6. The van der Waals surface area contributed by atoms with Crippen LogP contribution in [0.3, 0.4) is 0 Å². The molecule has 23 heavy (non-hydrogen) atoms. The molecule has 2 atom stereocenters. The number of benzene rings is 1. The number of carbonyl (C=O) groups is 1. The van der Waals surface area contributed by atoms with Crippen molar-refractivity contribution in [3.63, 3.8) is 0 Å². The van der Waals surface area contributed by atoms with Gasteiger partial charge in [-0.3, -0.25) is 0 Å². The first kappa shape index (κ1) is 16.0. The van der Waals surface area contributed by atoms with Crippen molar-refractivity contribution in [2.75, 3.05) is 13.2 Å². The molecular weight excluding hydrogens is 308 g/mol. The summed E-state index contributed by atoms with van der Waals surface area (Å²) in [6, 6.07) is 9.84. The van der Waals surface area contributed by atoms with Crippen molar-refractivity contribution >= 4 is 17.4 Å². The van der Waals surface area contributed by atoms with Crippen LogP contribution in [0.15, 0.2) is 41.1 Å². The summed E-state index contributed by atoms with van der Waals surface area (Å²) >= 11 is 1.67. The molecule has 0 saturated heterocycles. The number of nitrogens with zero attached hydrogens (tertiary/aromatic N) is 1. The van der Waals surface area contributed by atoms with E-state index >= 15 is 0 Å². The summed E-state index contributed by atoms with van der Waals surface area (Å²) in [5.41, 5.74) is 3.52. The van der Waals surface area contributed by atoms with Crippen LogP contribution in [0.5, 0.6) is 0 Å². The van der Waals surface area contributed by atoms with Gasteiger partial charge in [-0.1, -0.05) is 24.3 Å². The van der Waals surface area contributed by atoms with Crippen molar-refractivity contribution in [3.05, 3.63) is 57.8 Å². The van der Waals surface area contributed by atoms with E-state index in [4.69, 9.17) is 0 Å².